The van der Waals surface area contributed by atoms with Gasteiger partial charge in [0.15, 0.2) is 0 Å². The molecule has 3 aliphatic rings. The van der Waals surface area contributed by atoms with Gasteiger partial charge in [0.25, 0.3) is 11.8 Å². The maximum absolute atomic E-state index is 11.5. The van der Waals surface area contributed by atoms with Crippen LogP contribution in [0.3, 0.4) is 0 Å². The second-order valence-electron chi connectivity index (χ2n) is 6.11. The van der Waals surface area contributed by atoms with Crippen molar-refractivity contribution < 1.29 is 24.5 Å². The van der Waals surface area contributed by atoms with Gasteiger partial charge in [0.1, 0.15) is 11.4 Å². The minimum absolute atomic E-state index is 0.174. The lowest BCUT2D eigenvalue weighted by Crippen LogP contribution is -2.71. The highest BCUT2D eigenvalue weighted by Gasteiger charge is 2.28. The van der Waals surface area contributed by atoms with Crippen LogP contribution in [0.5, 0.6) is 0 Å². The Bertz CT molecular complexity index is 608. The third kappa shape index (κ3) is 4.38. The van der Waals surface area contributed by atoms with E-state index in [1.807, 2.05) is 0 Å². The van der Waals surface area contributed by atoms with Crippen molar-refractivity contribution in [2.75, 3.05) is 0 Å². The molecule has 0 aromatic carbocycles. The molecule has 1 aliphatic heterocycles. The van der Waals surface area contributed by atoms with E-state index in [1.165, 1.54) is 12.8 Å². The van der Waals surface area contributed by atoms with Gasteiger partial charge in [-0.2, -0.15) is 0 Å². The predicted octanol–water partition coefficient (Wildman–Crippen LogP) is 1.07. The zero-order chi connectivity index (χ0) is 16.8. The standard InChI is InChI=1S/C17H21N3O4/c21-15-11-12-16(22)20(15)24-23-17(18-13-7-3-1-4-8-13)19-14-9-5-2-6-10-14/h7,11-12H,1-6,8-10H2/p+1. The van der Waals surface area contributed by atoms with Gasteiger partial charge in [-0.15, -0.1) is 5.06 Å². The van der Waals surface area contributed by atoms with Gasteiger partial charge >= 0.3 is 6.02 Å². The molecule has 0 unspecified atom stereocenters. The molecule has 0 bridgehead atoms. The van der Waals surface area contributed by atoms with E-state index in [2.05, 4.69) is 16.1 Å². The second-order valence-corrected chi connectivity index (χ2v) is 6.11. The number of hydrogen-bond acceptors (Lipinski definition) is 4. The van der Waals surface area contributed by atoms with E-state index in [0.29, 0.717) is 5.06 Å². The molecular formula is C17H22N3O4+. The van der Waals surface area contributed by atoms with Crippen LogP contribution in [0.4, 0.5) is 0 Å². The van der Waals surface area contributed by atoms with Gasteiger partial charge in [0, 0.05) is 31.4 Å². The normalized spacial score (nSPS) is 22.0. The minimum atomic E-state index is -0.568. The molecule has 0 spiro atoms. The van der Waals surface area contributed by atoms with Gasteiger partial charge < -0.3 is 0 Å². The summed E-state index contributed by atoms with van der Waals surface area (Å²) in [6.07, 6.45) is 13.9. The van der Waals surface area contributed by atoms with Crippen LogP contribution in [-0.2, 0) is 19.5 Å². The van der Waals surface area contributed by atoms with E-state index in [0.717, 1.165) is 68.5 Å². The lowest BCUT2D eigenvalue weighted by atomic mass is 9.99. The fourth-order valence-electron chi connectivity index (χ4n) is 2.90. The first-order valence-electron chi connectivity index (χ1n) is 8.52. The van der Waals surface area contributed by atoms with Crippen molar-refractivity contribution in [2.45, 2.75) is 57.8 Å². The van der Waals surface area contributed by atoms with Crippen LogP contribution in [0.25, 0.3) is 0 Å². The Hall–Kier alpha value is -2.28. The van der Waals surface area contributed by atoms with Crippen LogP contribution in [-0.4, -0.2) is 28.6 Å². The first-order valence-corrected chi connectivity index (χ1v) is 8.52. The molecule has 7 heteroatoms. The monoisotopic (exact) mass is 332 g/mol. The van der Waals surface area contributed by atoms with E-state index >= 15 is 0 Å². The maximum atomic E-state index is 11.5. The number of hydrogen-bond donors (Lipinski definition) is 1. The van der Waals surface area contributed by atoms with Crippen molar-refractivity contribution in [3.05, 3.63) is 23.9 Å². The fraction of sp³-hybridized carbons (Fsp3) is 0.529. The summed E-state index contributed by atoms with van der Waals surface area (Å²) >= 11 is 0. The van der Waals surface area contributed by atoms with Crippen molar-refractivity contribution >= 4 is 23.5 Å². The first kappa shape index (κ1) is 16.6. The van der Waals surface area contributed by atoms with Gasteiger partial charge in [0.05, 0.1) is 0 Å². The third-order valence-corrected chi connectivity index (χ3v) is 4.21. The average molecular weight is 332 g/mol. The number of amides is 2. The summed E-state index contributed by atoms with van der Waals surface area (Å²) in [6, 6.07) is 0.174. The van der Waals surface area contributed by atoms with Crippen molar-refractivity contribution in [1.82, 2.24) is 5.06 Å². The van der Waals surface area contributed by atoms with Crippen LogP contribution in [0.2, 0.25) is 0 Å². The van der Waals surface area contributed by atoms with Crippen molar-refractivity contribution in [3.8, 4) is 0 Å². The molecule has 0 saturated heterocycles. The molecule has 0 aromatic heterocycles. The van der Waals surface area contributed by atoms with Crippen molar-refractivity contribution in [2.24, 2.45) is 4.99 Å². The first-order chi connectivity index (χ1) is 11.7. The third-order valence-electron chi connectivity index (χ3n) is 4.21. The summed E-state index contributed by atoms with van der Waals surface area (Å²) in [7, 11) is 0. The molecule has 0 radical (unpaired) electrons. The summed E-state index contributed by atoms with van der Waals surface area (Å²) in [4.78, 5) is 40.8. The largest absolute Gasteiger partial charge is 0.529 e. The molecule has 0 atom stereocenters. The zero-order valence-electron chi connectivity index (χ0n) is 13.6. The highest BCUT2D eigenvalue weighted by Crippen LogP contribution is 2.15. The van der Waals surface area contributed by atoms with E-state index in [-0.39, 0.29) is 6.02 Å². The van der Waals surface area contributed by atoms with Crippen LogP contribution in [0.15, 0.2) is 28.9 Å². The number of rotatable bonds is 3. The molecule has 1 saturated carbocycles. The highest BCUT2D eigenvalue weighted by molar-refractivity contribution is 6.11. The molecule has 2 amide bonds. The molecule has 0 aromatic rings. The molecule has 24 heavy (non-hydrogen) atoms. The number of aliphatic imine (C=N–C) groups is 1. The Kier molecular flexibility index (Phi) is 5.53. The highest BCUT2D eigenvalue weighted by atomic mass is 17.3. The molecule has 1 fully saturated rings. The Balaban J connectivity index is 1.71. The summed E-state index contributed by atoms with van der Waals surface area (Å²) in [6.45, 7) is 0. The average Bonchev–Trinajstić information content (AvgIpc) is 2.93. The second kappa shape index (κ2) is 8.01. The molecule has 1 N–H and O–H groups in total. The molecule has 1 heterocycles. The quantitative estimate of drug-likeness (QED) is 0.276. The molecule has 7 nitrogen and oxygen atoms in total. The summed E-state index contributed by atoms with van der Waals surface area (Å²) in [5.41, 5.74) is 2.07. The molecule has 128 valence electrons. The number of nitrogens with zero attached hydrogens (tertiary/aromatic N) is 2. The van der Waals surface area contributed by atoms with Crippen LogP contribution < -0.4 is 4.99 Å². The number of carbonyl (C=O) groups excluding carboxylic acids is 2. The zero-order valence-corrected chi connectivity index (χ0v) is 13.6. The SMILES string of the molecule is O=C1C=CC(=O)N1OOC(N=C1CCCCC1)=[NH+]C1=CCCCC1. The summed E-state index contributed by atoms with van der Waals surface area (Å²) in [5.74, 6) is -1.14. The lowest BCUT2D eigenvalue weighted by Gasteiger charge is -2.11. The number of nitrogens with one attached hydrogen (secondary N) is 1. The summed E-state index contributed by atoms with van der Waals surface area (Å²) in [5, 5.41) is 0.567. The Morgan fingerprint density at radius 2 is 1.71 bits per heavy atom. The topological polar surface area (TPSA) is 82.2 Å². The number of amidine groups is 1. The Labute approximate surface area is 140 Å². The van der Waals surface area contributed by atoms with Gasteiger partial charge in [-0.3, -0.25) is 9.59 Å². The number of imide groups is 1. The van der Waals surface area contributed by atoms with Crippen molar-refractivity contribution in [3.63, 3.8) is 0 Å². The molecule has 2 aliphatic carbocycles. The minimum Gasteiger partial charge on any atom is -0.267 e. The smallest absolute Gasteiger partial charge is 0.267 e. The van der Waals surface area contributed by atoms with Crippen LogP contribution in [0, 0.1) is 0 Å². The number of hydroxylamine groups is 2. The Morgan fingerprint density at radius 1 is 1.00 bits per heavy atom. The van der Waals surface area contributed by atoms with E-state index in [9.17, 15) is 9.59 Å². The maximum Gasteiger partial charge on any atom is 0.529 e. The van der Waals surface area contributed by atoms with E-state index in [4.69, 9.17) is 9.88 Å². The van der Waals surface area contributed by atoms with Crippen LogP contribution >= 0.6 is 0 Å². The Morgan fingerprint density at radius 3 is 2.38 bits per heavy atom. The van der Waals surface area contributed by atoms with E-state index < -0.39 is 11.8 Å². The molecular weight excluding hydrogens is 310 g/mol. The van der Waals surface area contributed by atoms with Crippen molar-refractivity contribution in [1.29, 1.82) is 0 Å². The van der Waals surface area contributed by atoms with Gasteiger partial charge in [-0.25, -0.2) is 9.88 Å². The van der Waals surface area contributed by atoms with Gasteiger partial charge in [0.2, 0.25) is 0 Å². The number of allylic oxidation sites excluding steroid dienone is 2. The molecule has 3 rings (SSSR count). The van der Waals surface area contributed by atoms with Crippen LogP contribution in [0.1, 0.15) is 57.8 Å². The summed E-state index contributed by atoms with van der Waals surface area (Å²) < 4.78 is 0. The van der Waals surface area contributed by atoms with Gasteiger partial charge in [-0.1, -0.05) is 6.42 Å². The fourth-order valence-corrected chi connectivity index (χ4v) is 2.90. The predicted molar refractivity (Wildman–Crippen MR) is 86.2 cm³/mol. The number of carbonyl (C=O) groups is 2. The van der Waals surface area contributed by atoms with Gasteiger partial charge in [-0.05, 0) is 48.2 Å². The van der Waals surface area contributed by atoms with E-state index in [1.54, 1.807) is 0 Å². The lowest BCUT2D eigenvalue weighted by molar-refractivity contribution is -0.449.